The summed E-state index contributed by atoms with van der Waals surface area (Å²) in [6.45, 7) is 9.08. The van der Waals surface area contributed by atoms with Crippen LogP contribution in [0.25, 0.3) is 16.5 Å². The number of thiophene rings is 1. The highest BCUT2D eigenvalue weighted by Crippen LogP contribution is 2.21. The summed E-state index contributed by atoms with van der Waals surface area (Å²) >= 11 is 1.57. The largest absolute Gasteiger partial charge is 0.310 e. The van der Waals surface area contributed by atoms with Crippen molar-refractivity contribution in [3.8, 4) is 10.7 Å². The predicted octanol–water partition coefficient (Wildman–Crippen LogP) is 3.97. The number of hydrogen-bond donors (Lipinski definition) is 2. The topological polar surface area (TPSA) is 75.1 Å². The van der Waals surface area contributed by atoms with Gasteiger partial charge < -0.3 is 5.32 Å². The third kappa shape index (κ3) is 4.31. The molecule has 0 spiro atoms. The van der Waals surface area contributed by atoms with Crippen molar-refractivity contribution in [3.63, 3.8) is 0 Å². The van der Waals surface area contributed by atoms with Gasteiger partial charge in [-0.05, 0) is 31.7 Å². The molecule has 0 saturated heterocycles. The number of allylic oxidation sites excluding steroid dienone is 2. The molecule has 0 fully saturated rings. The third-order valence-corrected chi connectivity index (χ3v) is 5.67. The minimum atomic E-state index is -0.132. The molecule has 0 saturated carbocycles. The first kappa shape index (κ1) is 20.2. The number of H-pyrrole nitrogens is 1. The molecule has 3 aromatic rings. The van der Waals surface area contributed by atoms with Gasteiger partial charge in [0.25, 0.3) is 11.3 Å². The molecule has 1 aliphatic carbocycles. The van der Waals surface area contributed by atoms with Gasteiger partial charge in [-0.1, -0.05) is 43.2 Å². The van der Waals surface area contributed by atoms with E-state index >= 15 is 0 Å². The number of rotatable bonds is 5. The maximum Gasteiger partial charge on any atom is 0.274 e. The second kappa shape index (κ2) is 9.12. The van der Waals surface area contributed by atoms with Crippen LogP contribution < -0.4 is 10.9 Å². The standard InChI is InChI=1S/C19H21N5OS.C2H6/c1-12-5-3-6-15(13(12)2)20-9-8-14-11-17(25)24-19(21-14)22-18(23-24)16-7-4-10-26-16;1-2/h3-5,7,10-11,15,20H,6,8-9H2,1-2H3,(H,21,22,23);1-2H3. The van der Waals surface area contributed by atoms with E-state index in [0.29, 0.717) is 24.1 Å². The fraction of sp³-hybridized carbons (Fsp3) is 0.381. The highest BCUT2D eigenvalue weighted by molar-refractivity contribution is 7.13. The number of aromatic amines is 1. The molecule has 0 aromatic carbocycles. The van der Waals surface area contributed by atoms with Crippen molar-refractivity contribution in [2.24, 2.45) is 0 Å². The number of aromatic nitrogens is 4. The lowest BCUT2D eigenvalue weighted by atomic mass is 9.95. The first-order valence-electron chi connectivity index (χ1n) is 9.71. The maximum atomic E-state index is 12.4. The molecule has 0 aliphatic heterocycles. The SMILES string of the molecule is CC.CC1=C(C)C(NCCc2cc(=O)n3[nH]c(-c4cccs4)nc3n2)CC=C1. The summed E-state index contributed by atoms with van der Waals surface area (Å²) in [4.78, 5) is 22.4. The van der Waals surface area contributed by atoms with E-state index in [4.69, 9.17) is 0 Å². The van der Waals surface area contributed by atoms with Crippen molar-refractivity contribution in [1.29, 1.82) is 0 Å². The minimum absolute atomic E-state index is 0.132. The zero-order valence-electron chi connectivity index (χ0n) is 16.8. The lowest BCUT2D eigenvalue weighted by Gasteiger charge is -2.22. The van der Waals surface area contributed by atoms with Crippen LogP contribution in [-0.2, 0) is 6.42 Å². The van der Waals surface area contributed by atoms with Gasteiger partial charge in [-0.2, -0.15) is 9.50 Å². The third-order valence-electron chi connectivity index (χ3n) is 4.79. The first-order valence-corrected chi connectivity index (χ1v) is 10.6. The molecular formula is C21H27N5OS. The zero-order valence-corrected chi connectivity index (χ0v) is 17.6. The van der Waals surface area contributed by atoms with Gasteiger partial charge in [0.2, 0.25) is 0 Å². The van der Waals surface area contributed by atoms with Gasteiger partial charge in [0, 0.05) is 25.1 Å². The number of nitrogens with zero attached hydrogens (tertiary/aromatic N) is 3. The molecule has 7 heteroatoms. The Bertz CT molecular complexity index is 1040. The van der Waals surface area contributed by atoms with Crippen LogP contribution in [0.2, 0.25) is 0 Å². The second-order valence-electron chi connectivity index (χ2n) is 6.53. The van der Waals surface area contributed by atoms with E-state index in [0.717, 1.165) is 23.5 Å². The number of hydrogen-bond acceptors (Lipinski definition) is 5. The summed E-state index contributed by atoms with van der Waals surface area (Å²) in [5.74, 6) is 1.09. The molecule has 1 unspecified atom stereocenters. The van der Waals surface area contributed by atoms with E-state index in [1.54, 1.807) is 17.4 Å². The molecule has 6 nitrogen and oxygen atoms in total. The van der Waals surface area contributed by atoms with Crippen LogP contribution in [0.1, 0.15) is 39.8 Å². The average molecular weight is 398 g/mol. The van der Waals surface area contributed by atoms with E-state index in [1.165, 1.54) is 15.7 Å². The Morgan fingerprint density at radius 2 is 2.14 bits per heavy atom. The van der Waals surface area contributed by atoms with E-state index in [1.807, 2.05) is 31.4 Å². The predicted molar refractivity (Wildman–Crippen MR) is 116 cm³/mol. The summed E-state index contributed by atoms with van der Waals surface area (Å²) in [7, 11) is 0. The number of fused-ring (bicyclic) bond motifs is 1. The highest BCUT2D eigenvalue weighted by atomic mass is 32.1. The molecule has 1 atom stereocenters. The summed E-state index contributed by atoms with van der Waals surface area (Å²) in [6, 6.07) is 5.87. The van der Waals surface area contributed by atoms with Crippen LogP contribution in [-0.4, -0.2) is 32.2 Å². The van der Waals surface area contributed by atoms with Gasteiger partial charge in [-0.3, -0.25) is 9.89 Å². The van der Waals surface area contributed by atoms with Crippen molar-refractivity contribution < 1.29 is 0 Å². The van der Waals surface area contributed by atoms with Crippen LogP contribution in [0.5, 0.6) is 0 Å². The Morgan fingerprint density at radius 3 is 2.89 bits per heavy atom. The Morgan fingerprint density at radius 1 is 1.32 bits per heavy atom. The lowest BCUT2D eigenvalue weighted by molar-refractivity contribution is 0.565. The normalized spacial score (nSPS) is 16.4. The van der Waals surface area contributed by atoms with Crippen molar-refractivity contribution in [2.75, 3.05) is 6.54 Å². The Kier molecular flexibility index (Phi) is 6.59. The fourth-order valence-electron chi connectivity index (χ4n) is 3.15. The van der Waals surface area contributed by atoms with Crippen LogP contribution >= 0.6 is 11.3 Å². The van der Waals surface area contributed by atoms with E-state index in [2.05, 4.69) is 46.4 Å². The molecule has 0 radical (unpaired) electrons. The molecule has 0 bridgehead atoms. The molecule has 3 heterocycles. The summed E-state index contributed by atoms with van der Waals surface area (Å²) in [6.07, 6.45) is 6.07. The fourth-order valence-corrected chi connectivity index (χ4v) is 3.82. The van der Waals surface area contributed by atoms with Crippen molar-refractivity contribution >= 4 is 17.1 Å². The molecule has 4 rings (SSSR count). The van der Waals surface area contributed by atoms with E-state index in [-0.39, 0.29) is 5.56 Å². The lowest BCUT2D eigenvalue weighted by Crippen LogP contribution is -2.33. The molecule has 148 valence electrons. The van der Waals surface area contributed by atoms with Crippen molar-refractivity contribution in [2.45, 2.75) is 46.6 Å². The van der Waals surface area contributed by atoms with Crippen molar-refractivity contribution in [3.05, 3.63) is 62.9 Å². The summed E-state index contributed by atoms with van der Waals surface area (Å²) in [5.41, 5.74) is 3.33. The maximum absolute atomic E-state index is 12.4. The molecule has 0 amide bonds. The van der Waals surface area contributed by atoms with Crippen LogP contribution in [0.15, 0.2) is 51.7 Å². The van der Waals surface area contributed by atoms with E-state index in [9.17, 15) is 4.79 Å². The molecular weight excluding hydrogens is 370 g/mol. The Hall–Kier alpha value is -2.51. The number of nitrogens with one attached hydrogen (secondary N) is 2. The second-order valence-corrected chi connectivity index (χ2v) is 7.48. The molecule has 2 N–H and O–H groups in total. The van der Waals surface area contributed by atoms with Crippen molar-refractivity contribution in [1.82, 2.24) is 24.9 Å². The first-order chi connectivity index (χ1) is 13.6. The Balaban J connectivity index is 0.00000109. The van der Waals surface area contributed by atoms with E-state index < -0.39 is 0 Å². The van der Waals surface area contributed by atoms with Crippen LogP contribution in [0, 0.1) is 0 Å². The summed E-state index contributed by atoms with van der Waals surface area (Å²) < 4.78 is 1.40. The molecule has 28 heavy (non-hydrogen) atoms. The quantitative estimate of drug-likeness (QED) is 0.683. The highest BCUT2D eigenvalue weighted by Gasteiger charge is 2.14. The van der Waals surface area contributed by atoms with Crippen LogP contribution in [0.4, 0.5) is 0 Å². The smallest absolute Gasteiger partial charge is 0.274 e. The van der Waals surface area contributed by atoms with Gasteiger partial charge in [0.05, 0.1) is 10.6 Å². The van der Waals surface area contributed by atoms with Gasteiger partial charge >= 0.3 is 0 Å². The molecule has 1 aliphatic rings. The summed E-state index contributed by atoms with van der Waals surface area (Å²) in [5, 5.41) is 8.56. The van der Waals surface area contributed by atoms with Gasteiger partial charge in [0.15, 0.2) is 5.82 Å². The minimum Gasteiger partial charge on any atom is -0.310 e. The van der Waals surface area contributed by atoms with Gasteiger partial charge in [-0.25, -0.2) is 4.98 Å². The van der Waals surface area contributed by atoms with Gasteiger partial charge in [0.1, 0.15) is 0 Å². The molecule has 3 aromatic heterocycles. The van der Waals surface area contributed by atoms with Gasteiger partial charge in [-0.15, -0.1) is 11.3 Å². The Labute approximate surface area is 169 Å². The van der Waals surface area contributed by atoms with Crippen LogP contribution in [0.3, 0.4) is 0 Å². The average Bonchev–Trinajstić information content (AvgIpc) is 3.36. The zero-order chi connectivity index (χ0) is 20.1. The monoisotopic (exact) mass is 397 g/mol.